The predicted octanol–water partition coefficient (Wildman–Crippen LogP) is 2.51. The van der Waals surface area contributed by atoms with Crippen molar-refractivity contribution in [1.29, 1.82) is 0 Å². The molecule has 7 N–H and O–H groups in total. The first-order valence-electron chi connectivity index (χ1n) is 13.4. The van der Waals surface area contributed by atoms with Crippen LogP contribution in [0.3, 0.4) is 0 Å². The minimum absolute atomic E-state index is 0.0222. The molecule has 4 atom stereocenters. The summed E-state index contributed by atoms with van der Waals surface area (Å²) in [7, 11) is 6.61. The molecule has 5 rings (SSSR count). The van der Waals surface area contributed by atoms with E-state index >= 15 is 0 Å². The fourth-order valence-electron chi connectivity index (χ4n) is 6.52. The molecule has 43 heavy (non-hydrogen) atoms. The number of aromatic hydroxyl groups is 1. The zero-order chi connectivity index (χ0) is 31.5. The van der Waals surface area contributed by atoms with Crippen molar-refractivity contribution in [2.75, 3.05) is 38.4 Å². The number of fused-ring (bicyclic) bond motifs is 3. The summed E-state index contributed by atoms with van der Waals surface area (Å²) in [6, 6.07) is 9.32. The first-order chi connectivity index (χ1) is 20.2. The standard InChI is InChI=1S/C30H32N4O8S/c1-33(2)18-12-17(32-29(41)43-14-8-6-5-7-9-14)23(35)20-15(18)10-13-11-16-22(34(3)4)25(37)21(28(31)40)27(39)30(16,42)26(38)19(13)24(20)36/h5-9,12-13,16,22,35,37-38,42H,10-11H2,1-4H3,(H2,31,40)(H,32,41)/t13-,16+,22-,30-/m1/s1. The smallest absolute Gasteiger partial charge is 0.288 e. The van der Waals surface area contributed by atoms with Crippen LogP contribution in [-0.2, 0) is 16.0 Å². The second kappa shape index (κ2) is 10.7. The quantitative estimate of drug-likeness (QED) is 0.166. The Morgan fingerprint density at radius 2 is 1.72 bits per heavy atom. The van der Waals surface area contributed by atoms with Gasteiger partial charge >= 0.3 is 0 Å². The van der Waals surface area contributed by atoms with Crippen LogP contribution in [0.25, 0.3) is 0 Å². The van der Waals surface area contributed by atoms with Gasteiger partial charge in [0.15, 0.2) is 17.1 Å². The van der Waals surface area contributed by atoms with Crippen molar-refractivity contribution >= 4 is 45.8 Å². The third-order valence-electron chi connectivity index (χ3n) is 8.37. The van der Waals surface area contributed by atoms with E-state index in [0.717, 1.165) is 11.8 Å². The minimum Gasteiger partial charge on any atom is -0.510 e. The van der Waals surface area contributed by atoms with E-state index in [0.29, 0.717) is 16.1 Å². The number of aliphatic hydroxyl groups excluding tert-OH is 2. The first-order valence-corrected chi connectivity index (χ1v) is 14.3. The molecule has 2 amide bonds. The molecule has 0 heterocycles. The van der Waals surface area contributed by atoms with Crippen molar-refractivity contribution in [2.24, 2.45) is 17.6 Å². The average Bonchev–Trinajstić information content (AvgIpc) is 2.92. The number of nitrogens with one attached hydrogen (secondary N) is 1. The van der Waals surface area contributed by atoms with E-state index in [1.54, 1.807) is 63.4 Å². The lowest BCUT2D eigenvalue weighted by Gasteiger charge is -2.50. The number of carbonyl (C=O) groups excluding carboxylic acids is 4. The number of aliphatic hydroxyl groups is 3. The van der Waals surface area contributed by atoms with E-state index in [-0.39, 0.29) is 29.7 Å². The monoisotopic (exact) mass is 608 g/mol. The van der Waals surface area contributed by atoms with E-state index in [1.165, 1.54) is 4.90 Å². The number of rotatable bonds is 5. The highest BCUT2D eigenvalue weighted by Gasteiger charge is 2.63. The Balaban J connectivity index is 1.63. The van der Waals surface area contributed by atoms with Crippen LogP contribution < -0.4 is 16.0 Å². The van der Waals surface area contributed by atoms with E-state index < -0.39 is 69.0 Å². The fourth-order valence-corrected chi connectivity index (χ4v) is 7.19. The van der Waals surface area contributed by atoms with E-state index in [9.17, 15) is 39.6 Å². The minimum atomic E-state index is -2.73. The summed E-state index contributed by atoms with van der Waals surface area (Å²) in [5.41, 5.74) is 2.26. The molecule has 0 unspecified atom stereocenters. The van der Waals surface area contributed by atoms with Gasteiger partial charge in [0.25, 0.3) is 11.1 Å². The number of hydrogen-bond donors (Lipinski definition) is 6. The SMILES string of the molecule is CN(C)c1cc(NC(=O)Sc2ccccc2)c(O)c2c1C[C@@H]1C[C@H]3[C@@H](N(C)C)C(O)=C(C(N)=O)C(=O)[C@]3(O)C(O)=C1C2=O. The van der Waals surface area contributed by atoms with Crippen molar-refractivity contribution < 1.29 is 39.6 Å². The second-order valence-corrected chi connectivity index (χ2v) is 12.4. The predicted molar refractivity (Wildman–Crippen MR) is 159 cm³/mol. The Bertz CT molecular complexity index is 1630. The number of nitrogens with zero attached hydrogens (tertiary/aromatic N) is 2. The van der Waals surface area contributed by atoms with Crippen molar-refractivity contribution in [3.63, 3.8) is 0 Å². The Hall–Kier alpha value is -4.33. The summed E-state index contributed by atoms with van der Waals surface area (Å²) in [6.45, 7) is 0. The van der Waals surface area contributed by atoms with Gasteiger partial charge in [0.05, 0.1) is 17.3 Å². The molecule has 0 radical (unpaired) electrons. The maximum Gasteiger partial charge on any atom is 0.288 e. The molecule has 2 aromatic rings. The number of amides is 2. The van der Waals surface area contributed by atoms with E-state index in [4.69, 9.17) is 5.73 Å². The topological polar surface area (TPSA) is 194 Å². The largest absolute Gasteiger partial charge is 0.510 e. The van der Waals surface area contributed by atoms with Crippen LogP contribution in [-0.4, -0.2) is 87.9 Å². The van der Waals surface area contributed by atoms with Gasteiger partial charge in [0, 0.05) is 36.2 Å². The van der Waals surface area contributed by atoms with Crippen molar-refractivity contribution in [3.05, 3.63) is 70.2 Å². The molecular formula is C30H32N4O8S. The molecule has 13 heteroatoms. The zero-order valence-corrected chi connectivity index (χ0v) is 24.7. The van der Waals surface area contributed by atoms with Crippen LogP contribution in [0.15, 0.2) is 64.0 Å². The van der Waals surface area contributed by atoms with Crippen molar-refractivity contribution in [1.82, 2.24) is 4.90 Å². The maximum atomic E-state index is 14.1. The molecule has 0 aliphatic heterocycles. The van der Waals surface area contributed by atoms with Gasteiger partial charge in [0.1, 0.15) is 17.1 Å². The van der Waals surface area contributed by atoms with E-state index in [1.807, 2.05) is 6.07 Å². The number of nitrogens with two attached hydrogens (primary N) is 1. The van der Waals surface area contributed by atoms with Crippen LogP contribution in [0.2, 0.25) is 0 Å². The van der Waals surface area contributed by atoms with Gasteiger partial charge in [-0.3, -0.25) is 24.1 Å². The number of allylic oxidation sites excluding steroid dienone is 1. The molecule has 0 aromatic heterocycles. The zero-order valence-electron chi connectivity index (χ0n) is 23.9. The summed E-state index contributed by atoms with van der Waals surface area (Å²) in [6.07, 6.45) is 0.105. The van der Waals surface area contributed by atoms with Crippen LogP contribution >= 0.6 is 11.8 Å². The number of phenols is 1. The maximum absolute atomic E-state index is 14.1. The molecule has 0 spiro atoms. The molecule has 3 aliphatic carbocycles. The normalized spacial score (nSPS) is 24.8. The molecule has 12 nitrogen and oxygen atoms in total. The lowest BCUT2D eigenvalue weighted by atomic mass is 9.58. The molecule has 2 aromatic carbocycles. The lowest BCUT2D eigenvalue weighted by Crippen LogP contribution is -2.63. The number of likely N-dealkylation sites (N-methyl/N-ethyl adjacent to an activating group) is 1. The number of thioether (sulfide) groups is 1. The molecule has 0 fully saturated rings. The lowest BCUT2D eigenvalue weighted by molar-refractivity contribution is -0.148. The Kier molecular flexibility index (Phi) is 7.53. The van der Waals surface area contributed by atoms with Gasteiger partial charge in [0.2, 0.25) is 5.78 Å². The van der Waals surface area contributed by atoms with Gasteiger partial charge in [-0.1, -0.05) is 18.2 Å². The number of hydrogen-bond acceptors (Lipinski definition) is 11. The van der Waals surface area contributed by atoms with Gasteiger partial charge < -0.3 is 36.4 Å². The third kappa shape index (κ3) is 4.64. The van der Waals surface area contributed by atoms with Crippen molar-refractivity contribution in [2.45, 2.75) is 29.4 Å². The van der Waals surface area contributed by atoms with Crippen molar-refractivity contribution in [3.8, 4) is 5.75 Å². The van der Waals surface area contributed by atoms with Crippen LogP contribution in [0.5, 0.6) is 5.75 Å². The fraction of sp³-hybridized carbons (Fsp3) is 0.333. The van der Waals surface area contributed by atoms with Crippen LogP contribution in [0.4, 0.5) is 16.2 Å². The number of ketones is 2. The molecule has 0 saturated carbocycles. The number of phenolic OH excluding ortho intramolecular Hbond substituents is 1. The number of anilines is 2. The summed E-state index contributed by atoms with van der Waals surface area (Å²) in [5.74, 6) is -7.37. The number of Topliss-reactive ketones (excluding diaryl/α,β-unsaturated/α-hetero) is 2. The Morgan fingerprint density at radius 1 is 1.07 bits per heavy atom. The van der Waals surface area contributed by atoms with E-state index in [2.05, 4.69) is 5.32 Å². The van der Waals surface area contributed by atoms with Gasteiger partial charge in [-0.05, 0) is 68.4 Å². The van der Waals surface area contributed by atoms with Gasteiger partial charge in [-0.2, -0.15) is 0 Å². The second-order valence-electron chi connectivity index (χ2n) is 11.3. The highest BCUT2D eigenvalue weighted by molar-refractivity contribution is 8.13. The molecule has 226 valence electrons. The molecule has 0 bridgehead atoms. The Labute approximate surface area is 251 Å². The number of primary amides is 1. The molecule has 3 aliphatic rings. The van der Waals surface area contributed by atoms with Crippen LogP contribution in [0, 0.1) is 11.8 Å². The molecule has 0 saturated heterocycles. The molecular weight excluding hydrogens is 576 g/mol. The van der Waals surface area contributed by atoms with Gasteiger partial charge in [-0.15, -0.1) is 0 Å². The number of carbonyl (C=O) groups is 4. The summed E-state index contributed by atoms with van der Waals surface area (Å²) < 4.78 is 0. The average molecular weight is 609 g/mol. The summed E-state index contributed by atoms with van der Waals surface area (Å²) in [4.78, 5) is 56.5. The highest BCUT2D eigenvalue weighted by atomic mass is 32.2. The van der Waals surface area contributed by atoms with Crippen LogP contribution in [0.1, 0.15) is 22.3 Å². The highest BCUT2D eigenvalue weighted by Crippen LogP contribution is 2.54. The third-order valence-corrected chi connectivity index (χ3v) is 9.17. The Morgan fingerprint density at radius 3 is 2.30 bits per heavy atom. The number of benzene rings is 2. The summed E-state index contributed by atoms with van der Waals surface area (Å²) >= 11 is 0.889. The first kappa shape index (κ1) is 30.1. The summed E-state index contributed by atoms with van der Waals surface area (Å²) in [5, 5.41) is 47.6. The van der Waals surface area contributed by atoms with Gasteiger partial charge in [-0.25, -0.2) is 0 Å².